The number of aryl methyl sites for hydroxylation is 1. The number of rotatable bonds is 1. The van der Waals surface area contributed by atoms with Gasteiger partial charge in [0.25, 0.3) is 0 Å². The molecule has 3 heteroatoms. The summed E-state index contributed by atoms with van der Waals surface area (Å²) in [4.78, 5) is 1.12. The van der Waals surface area contributed by atoms with E-state index < -0.39 is 0 Å². The van der Waals surface area contributed by atoms with E-state index in [1.54, 1.807) is 35.6 Å². The van der Waals surface area contributed by atoms with Gasteiger partial charge in [-0.1, -0.05) is 12.1 Å². The number of phenolic OH excluding ortho intramolecular Hbond substituents is 1. The third kappa shape index (κ3) is 1.77. The summed E-state index contributed by atoms with van der Waals surface area (Å²) in [7, 11) is 0. The summed E-state index contributed by atoms with van der Waals surface area (Å²) in [6.45, 7) is 2.05. The number of hydrogen-bond acceptors (Lipinski definition) is 2. The van der Waals surface area contributed by atoms with Crippen molar-refractivity contribution in [1.29, 1.82) is 0 Å². The molecule has 0 unspecified atom stereocenters. The largest absolute Gasteiger partial charge is 0.508 e. The highest BCUT2D eigenvalue weighted by atomic mass is 32.1. The molecule has 0 saturated carbocycles. The van der Waals surface area contributed by atoms with Gasteiger partial charge in [-0.05, 0) is 53.8 Å². The second-order valence-electron chi connectivity index (χ2n) is 4.24. The number of phenols is 1. The van der Waals surface area contributed by atoms with Crippen molar-refractivity contribution in [2.45, 2.75) is 6.92 Å². The number of benzene rings is 2. The predicted molar refractivity (Wildman–Crippen MR) is 73.6 cm³/mol. The Bertz CT molecular complexity index is 713. The lowest BCUT2D eigenvalue weighted by molar-refractivity contribution is 0.476. The summed E-state index contributed by atoms with van der Waals surface area (Å²) in [6, 6.07) is 11.9. The van der Waals surface area contributed by atoms with Crippen LogP contribution in [0.15, 0.2) is 42.5 Å². The maximum absolute atomic E-state index is 12.9. The smallest absolute Gasteiger partial charge is 0.123 e. The van der Waals surface area contributed by atoms with E-state index >= 15 is 0 Å². The predicted octanol–water partition coefficient (Wildman–Crippen LogP) is 4.72. The molecule has 0 bridgehead atoms. The zero-order chi connectivity index (χ0) is 12.7. The molecule has 1 N–H and O–H groups in total. The first-order valence-electron chi connectivity index (χ1n) is 5.63. The van der Waals surface area contributed by atoms with Crippen LogP contribution in [0.1, 0.15) is 5.56 Å². The second kappa shape index (κ2) is 4.10. The Hall–Kier alpha value is -1.87. The lowest BCUT2D eigenvalue weighted by Gasteiger charge is -1.99. The molecule has 0 saturated heterocycles. The standard InChI is InChI=1S/C15H11FOS/c1-9-13-7-6-12(17)8-14(13)18-15(9)10-2-4-11(16)5-3-10/h2-8,17H,1H3. The van der Waals surface area contributed by atoms with E-state index in [9.17, 15) is 9.50 Å². The molecule has 3 aromatic rings. The van der Waals surface area contributed by atoms with Gasteiger partial charge in [-0.15, -0.1) is 11.3 Å². The van der Waals surface area contributed by atoms with Crippen molar-refractivity contribution in [2.24, 2.45) is 0 Å². The van der Waals surface area contributed by atoms with Crippen LogP contribution >= 0.6 is 11.3 Å². The highest BCUT2D eigenvalue weighted by molar-refractivity contribution is 7.22. The molecule has 0 fully saturated rings. The summed E-state index contributed by atoms with van der Waals surface area (Å²) in [5, 5.41) is 10.6. The van der Waals surface area contributed by atoms with Gasteiger partial charge in [0.2, 0.25) is 0 Å². The molecule has 18 heavy (non-hydrogen) atoms. The van der Waals surface area contributed by atoms with E-state index in [2.05, 4.69) is 6.92 Å². The summed E-state index contributed by atoms with van der Waals surface area (Å²) in [5.41, 5.74) is 2.18. The first-order valence-corrected chi connectivity index (χ1v) is 6.45. The van der Waals surface area contributed by atoms with Gasteiger partial charge in [-0.2, -0.15) is 0 Å². The van der Waals surface area contributed by atoms with Crippen LogP contribution in [0.2, 0.25) is 0 Å². The quantitative estimate of drug-likeness (QED) is 0.669. The number of halogens is 1. The second-order valence-corrected chi connectivity index (χ2v) is 5.30. The third-order valence-corrected chi connectivity index (χ3v) is 4.33. The zero-order valence-corrected chi connectivity index (χ0v) is 10.6. The van der Waals surface area contributed by atoms with E-state index in [-0.39, 0.29) is 11.6 Å². The molecule has 90 valence electrons. The van der Waals surface area contributed by atoms with Crippen LogP contribution < -0.4 is 0 Å². The van der Waals surface area contributed by atoms with Crippen molar-refractivity contribution in [2.75, 3.05) is 0 Å². The fourth-order valence-electron chi connectivity index (χ4n) is 2.09. The molecule has 0 atom stereocenters. The Morgan fingerprint density at radius 3 is 2.50 bits per heavy atom. The number of hydrogen-bond donors (Lipinski definition) is 1. The summed E-state index contributed by atoms with van der Waals surface area (Å²) < 4.78 is 14.0. The monoisotopic (exact) mass is 258 g/mol. The lowest BCUT2D eigenvalue weighted by Crippen LogP contribution is -1.77. The lowest BCUT2D eigenvalue weighted by atomic mass is 10.1. The van der Waals surface area contributed by atoms with E-state index in [0.717, 1.165) is 20.5 Å². The minimum absolute atomic E-state index is 0.227. The molecular formula is C15H11FOS. The van der Waals surface area contributed by atoms with Crippen molar-refractivity contribution in [3.8, 4) is 16.2 Å². The molecule has 3 rings (SSSR count). The molecule has 1 aromatic heterocycles. The molecule has 0 aliphatic rings. The molecule has 2 aromatic carbocycles. The molecule has 0 radical (unpaired) electrons. The summed E-state index contributed by atoms with van der Waals surface area (Å²) in [6.07, 6.45) is 0. The van der Waals surface area contributed by atoms with Gasteiger partial charge in [-0.3, -0.25) is 0 Å². The first kappa shape index (κ1) is 11.2. The van der Waals surface area contributed by atoms with Gasteiger partial charge in [-0.25, -0.2) is 4.39 Å². The Kier molecular flexibility index (Phi) is 2.56. The van der Waals surface area contributed by atoms with Gasteiger partial charge < -0.3 is 5.11 Å². The van der Waals surface area contributed by atoms with Crippen molar-refractivity contribution in [3.05, 3.63) is 53.8 Å². The molecule has 0 spiro atoms. The average Bonchev–Trinajstić information content (AvgIpc) is 2.67. The zero-order valence-electron chi connectivity index (χ0n) is 9.77. The van der Waals surface area contributed by atoms with Crippen molar-refractivity contribution < 1.29 is 9.50 Å². The minimum Gasteiger partial charge on any atom is -0.508 e. The first-order chi connectivity index (χ1) is 8.65. The van der Waals surface area contributed by atoms with Gasteiger partial charge in [0, 0.05) is 9.58 Å². The summed E-state index contributed by atoms with van der Waals surface area (Å²) >= 11 is 1.61. The fraction of sp³-hybridized carbons (Fsp3) is 0.0667. The fourth-order valence-corrected chi connectivity index (χ4v) is 3.34. The third-order valence-electron chi connectivity index (χ3n) is 3.03. The Morgan fingerprint density at radius 1 is 1.06 bits per heavy atom. The van der Waals surface area contributed by atoms with Gasteiger partial charge in [0.1, 0.15) is 11.6 Å². The van der Waals surface area contributed by atoms with E-state index in [0.29, 0.717) is 0 Å². The SMILES string of the molecule is Cc1c(-c2ccc(F)cc2)sc2cc(O)ccc12. The van der Waals surface area contributed by atoms with Crippen molar-refractivity contribution in [1.82, 2.24) is 0 Å². The van der Waals surface area contributed by atoms with Crippen LogP contribution in [-0.2, 0) is 0 Å². The van der Waals surface area contributed by atoms with Crippen LogP contribution in [0.3, 0.4) is 0 Å². The maximum Gasteiger partial charge on any atom is 0.123 e. The summed E-state index contributed by atoms with van der Waals surface area (Å²) in [5.74, 6) is 0.0459. The van der Waals surface area contributed by atoms with Crippen LogP contribution in [0.25, 0.3) is 20.5 Å². The maximum atomic E-state index is 12.9. The van der Waals surface area contributed by atoms with E-state index in [1.165, 1.54) is 17.7 Å². The van der Waals surface area contributed by atoms with Crippen LogP contribution in [0, 0.1) is 12.7 Å². The van der Waals surface area contributed by atoms with Crippen LogP contribution in [-0.4, -0.2) is 5.11 Å². The van der Waals surface area contributed by atoms with Gasteiger partial charge in [0.15, 0.2) is 0 Å². The molecular weight excluding hydrogens is 247 g/mol. The van der Waals surface area contributed by atoms with Crippen LogP contribution in [0.5, 0.6) is 5.75 Å². The van der Waals surface area contributed by atoms with Crippen molar-refractivity contribution >= 4 is 21.4 Å². The molecule has 0 aliphatic carbocycles. The Morgan fingerprint density at radius 2 is 1.78 bits per heavy atom. The number of fused-ring (bicyclic) bond motifs is 1. The normalized spacial score (nSPS) is 11.0. The topological polar surface area (TPSA) is 20.2 Å². The van der Waals surface area contributed by atoms with E-state index in [4.69, 9.17) is 0 Å². The molecule has 0 aliphatic heterocycles. The van der Waals surface area contributed by atoms with E-state index in [1.807, 2.05) is 6.07 Å². The molecule has 0 amide bonds. The van der Waals surface area contributed by atoms with Gasteiger partial charge >= 0.3 is 0 Å². The highest BCUT2D eigenvalue weighted by Gasteiger charge is 2.10. The number of thiophene rings is 1. The Labute approximate surface area is 108 Å². The van der Waals surface area contributed by atoms with Gasteiger partial charge in [0.05, 0.1) is 0 Å². The number of aromatic hydroxyl groups is 1. The highest BCUT2D eigenvalue weighted by Crippen LogP contribution is 2.39. The average molecular weight is 258 g/mol. The minimum atomic E-state index is -0.227. The molecule has 1 nitrogen and oxygen atoms in total. The van der Waals surface area contributed by atoms with Crippen LogP contribution in [0.4, 0.5) is 4.39 Å². The molecule has 1 heterocycles. The Balaban J connectivity index is 2.23. The van der Waals surface area contributed by atoms with Crippen molar-refractivity contribution in [3.63, 3.8) is 0 Å².